The third-order valence-corrected chi connectivity index (χ3v) is 4.89. The summed E-state index contributed by atoms with van der Waals surface area (Å²) in [7, 11) is 0. The minimum Gasteiger partial charge on any atom is -0.352 e. The molecule has 0 aliphatic carbocycles. The van der Waals surface area contributed by atoms with Crippen LogP contribution in [0, 0.1) is 13.8 Å². The zero-order valence-electron chi connectivity index (χ0n) is 14.7. The van der Waals surface area contributed by atoms with Crippen LogP contribution < -0.4 is 10.6 Å². The maximum atomic E-state index is 12.5. The second kappa shape index (κ2) is 7.18. The highest BCUT2D eigenvalue weighted by atomic mass is 16.1. The molecule has 24 heavy (non-hydrogen) atoms. The Labute approximate surface area is 143 Å². The van der Waals surface area contributed by atoms with Crippen LogP contribution in [-0.4, -0.2) is 34.3 Å². The molecule has 0 saturated carbocycles. The molecule has 1 aromatic carbocycles. The number of carbonyl (C=O) groups excluding carboxylic acids is 1. The first-order valence-corrected chi connectivity index (χ1v) is 8.69. The molecule has 2 unspecified atom stereocenters. The van der Waals surface area contributed by atoms with Crippen molar-refractivity contribution in [1.82, 2.24) is 20.4 Å². The Bertz CT molecular complexity index is 708. The zero-order valence-corrected chi connectivity index (χ0v) is 14.7. The molecule has 1 amide bonds. The zero-order chi connectivity index (χ0) is 17.1. The van der Waals surface area contributed by atoms with Crippen LogP contribution in [0.25, 0.3) is 5.69 Å². The molecule has 1 aliphatic heterocycles. The van der Waals surface area contributed by atoms with Gasteiger partial charge in [0.2, 0.25) is 5.91 Å². The molecule has 0 radical (unpaired) electrons. The number of rotatable bonds is 4. The summed E-state index contributed by atoms with van der Waals surface area (Å²) >= 11 is 0. The molecule has 2 atom stereocenters. The molecule has 2 heterocycles. The van der Waals surface area contributed by atoms with Gasteiger partial charge in [0, 0.05) is 23.3 Å². The van der Waals surface area contributed by atoms with Crippen LogP contribution >= 0.6 is 0 Å². The molecule has 2 N–H and O–H groups in total. The molecule has 1 fully saturated rings. The molecule has 3 rings (SSSR count). The van der Waals surface area contributed by atoms with Crippen molar-refractivity contribution in [1.29, 1.82) is 0 Å². The number of hydrogen-bond donors (Lipinski definition) is 2. The number of carbonyl (C=O) groups is 1. The number of hydrogen-bond acceptors (Lipinski definition) is 3. The van der Waals surface area contributed by atoms with Gasteiger partial charge in [-0.2, -0.15) is 5.10 Å². The number of piperidine rings is 1. The van der Waals surface area contributed by atoms with Gasteiger partial charge in [-0.15, -0.1) is 0 Å². The monoisotopic (exact) mass is 326 g/mol. The van der Waals surface area contributed by atoms with Crippen molar-refractivity contribution in [2.75, 3.05) is 6.54 Å². The quantitative estimate of drug-likeness (QED) is 0.906. The number of amides is 1. The predicted octanol–water partition coefficient (Wildman–Crippen LogP) is 2.29. The van der Waals surface area contributed by atoms with Gasteiger partial charge >= 0.3 is 0 Å². The Kier molecular flexibility index (Phi) is 5.00. The van der Waals surface area contributed by atoms with Crippen LogP contribution in [0.2, 0.25) is 0 Å². The number of nitrogens with one attached hydrogen (secondary N) is 2. The second-order valence-electron chi connectivity index (χ2n) is 6.63. The third kappa shape index (κ3) is 3.51. The summed E-state index contributed by atoms with van der Waals surface area (Å²) < 4.78 is 1.92. The lowest BCUT2D eigenvalue weighted by Crippen LogP contribution is -2.52. The molecular formula is C19H26N4O. The maximum absolute atomic E-state index is 12.5. The number of nitrogens with zero attached hydrogens (tertiary/aromatic N) is 2. The molecule has 1 aliphatic rings. The predicted molar refractivity (Wildman–Crippen MR) is 95.4 cm³/mol. The van der Waals surface area contributed by atoms with Crippen molar-refractivity contribution in [3.05, 3.63) is 47.3 Å². The van der Waals surface area contributed by atoms with Crippen molar-refractivity contribution in [3.63, 3.8) is 0 Å². The lowest BCUT2D eigenvalue weighted by molar-refractivity contribution is -0.121. The highest BCUT2D eigenvalue weighted by Crippen LogP contribution is 2.18. The molecule has 5 heteroatoms. The topological polar surface area (TPSA) is 59.0 Å². The summed E-state index contributed by atoms with van der Waals surface area (Å²) in [5, 5.41) is 11.2. The minimum atomic E-state index is 0.0781. The normalized spacial score (nSPS) is 20.8. The van der Waals surface area contributed by atoms with Gasteiger partial charge in [-0.05, 0) is 52.3 Å². The third-order valence-electron chi connectivity index (χ3n) is 4.89. The van der Waals surface area contributed by atoms with E-state index in [1.165, 1.54) is 0 Å². The molecule has 0 spiro atoms. The highest BCUT2D eigenvalue weighted by Gasteiger charge is 2.23. The maximum Gasteiger partial charge on any atom is 0.224 e. The van der Waals surface area contributed by atoms with Crippen molar-refractivity contribution < 1.29 is 4.79 Å². The molecule has 128 valence electrons. The van der Waals surface area contributed by atoms with E-state index < -0.39 is 0 Å². The van der Waals surface area contributed by atoms with Gasteiger partial charge < -0.3 is 10.6 Å². The van der Waals surface area contributed by atoms with E-state index in [0.717, 1.165) is 42.0 Å². The number of para-hydroxylation sites is 1. The minimum absolute atomic E-state index is 0.0781. The summed E-state index contributed by atoms with van der Waals surface area (Å²) in [6.07, 6.45) is 2.54. The molecular weight excluding hydrogens is 300 g/mol. The van der Waals surface area contributed by atoms with E-state index in [-0.39, 0.29) is 11.9 Å². The molecule has 1 aromatic heterocycles. The van der Waals surface area contributed by atoms with E-state index in [1.54, 1.807) is 0 Å². The first-order valence-electron chi connectivity index (χ1n) is 8.69. The fourth-order valence-corrected chi connectivity index (χ4v) is 3.41. The SMILES string of the molecule is Cc1nn(-c2ccccc2)c(C)c1CC(=O)NC1CCCNC1C. The van der Waals surface area contributed by atoms with Crippen LogP contribution in [-0.2, 0) is 11.2 Å². The first kappa shape index (κ1) is 16.7. The van der Waals surface area contributed by atoms with Gasteiger partial charge in [-0.25, -0.2) is 4.68 Å². The average Bonchev–Trinajstić information content (AvgIpc) is 2.86. The largest absolute Gasteiger partial charge is 0.352 e. The fraction of sp³-hybridized carbons (Fsp3) is 0.474. The van der Waals surface area contributed by atoms with E-state index >= 15 is 0 Å². The van der Waals surface area contributed by atoms with E-state index in [2.05, 4.69) is 22.7 Å². The van der Waals surface area contributed by atoms with Gasteiger partial charge in [-0.1, -0.05) is 18.2 Å². The molecule has 1 saturated heterocycles. The van der Waals surface area contributed by atoms with Crippen LogP contribution in [0.1, 0.15) is 36.7 Å². The number of benzene rings is 1. The Morgan fingerprint density at radius 3 is 2.79 bits per heavy atom. The lowest BCUT2D eigenvalue weighted by atomic mass is 9.99. The van der Waals surface area contributed by atoms with E-state index in [1.807, 2.05) is 48.9 Å². The van der Waals surface area contributed by atoms with Gasteiger partial charge in [0.25, 0.3) is 0 Å². The molecule has 2 aromatic rings. The van der Waals surface area contributed by atoms with Crippen molar-refractivity contribution in [2.45, 2.75) is 52.1 Å². The highest BCUT2D eigenvalue weighted by molar-refractivity contribution is 5.79. The second-order valence-corrected chi connectivity index (χ2v) is 6.63. The van der Waals surface area contributed by atoms with Crippen LogP contribution in [0.5, 0.6) is 0 Å². The van der Waals surface area contributed by atoms with Crippen LogP contribution in [0.15, 0.2) is 30.3 Å². The van der Waals surface area contributed by atoms with Gasteiger partial charge in [-0.3, -0.25) is 4.79 Å². The van der Waals surface area contributed by atoms with Crippen molar-refractivity contribution in [2.24, 2.45) is 0 Å². The van der Waals surface area contributed by atoms with Gasteiger partial charge in [0.15, 0.2) is 0 Å². The van der Waals surface area contributed by atoms with Gasteiger partial charge in [0.1, 0.15) is 0 Å². The Hall–Kier alpha value is -2.14. The smallest absolute Gasteiger partial charge is 0.224 e. The Morgan fingerprint density at radius 1 is 1.33 bits per heavy atom. The van der Waals surface area contributed by atoms with Crippen LogP contribution in [0.4, 0.5) is 0 Å². The number of aromatic nitrogens is 2. The fourth-order valence-electron chi connectivity index (χ4n) is 3.41. The summed E-state index contributed by atoms with van der Waals surface area (Å²) in [5.41, 5.74) is 3.99. The van der Waals surface area contributed by atoms with Gasteiger partial charge in [0.05, 0.1) is 17.8 Å². The van der Waals surface area contributed by atoms with Crippen LogP contribution in [0.3, 0.4) is 0 Å². The average molecular weight is 326 g/mol. The van der Waals surface area contributed by atoms with E-state index in [0.29, 0.717) is 12.5 Å². The summed E-state index contributed by atoms with van der Waals surface area (Å²) in [6.45, 7) is 7.17. The Balaban J connectivity index is 1.73. The van der Waals surface area contributed by atoms with Crippen molar-refractivity contribution in [3.8, 4) is 5.69 Å². The van der Waals surface area contributed by atoms with Crippen molar-refractivity contribution >= 4 is 5.91 Å². The standard InChI is InChI=1S/C19H26N4O/c1-13-17(12-19(24)21-18-10-7-11-20-14(18)2)15(3)23(22-13)16-8-5-4-6-9-16/h4-6,8-9,14,18,20H,7,10-12H2,1-3H3,(H,21,24). The van der Waals surface area contributed by atoms with E-state index in [4.69, 9.17) is 0 Å². The molecule has 0 bridgehead atoms. The summed E-state index contributed by atoms with van der Waals surface area (Å²) in [6, 6.07) is 10.6. The summed E-state index contributed by atoms with van der Waals surface area (Å²) in [4.78, 5) is 12.5. The first-order chi connectivity index (χ1) is 11.6. The number of aryl methyl sites for hydroxylation is 1. The Morgan fingerprint density at radius 2 is 2.08 bits per heavy atom. The molecule has 5 nitrogen and oxygen atoms in total. The summed E-state index contributed by atoms with van der Waals surface area (Å²) in [5.74, 6) is 0.0781. The van der Waals surface area contributed by atoms with E-state index in [9.17, 15) is 4.79 Å². The lowest BCUT2D eigenvalue weighted by Gasteiger charge is -2.30.